The molecule has 1 fully saturated rings. The molecule has 21 heavy (non-hydrogen) atoms. The predicted molar refractivity (Wildman–Crippen MR) is 85.2 cm³/mol. The van der Waals surface area contributed by atoms with E-state index >= 15 is 0 Å². The third-order valence-electron chi connectivity index (χ3n) is 3.81. The van der Waals surface area contributed by atoms with E-state index in [9.17, 15) is 0 Å². The molecule has 0 radical (unpaired) electrons. The zero-order valence-corrected chi connectivity index (χ0v) is 12.2. The molecule has 6 heteroatoms. The highest BCUT2D eigenvalue weighted by Gasteiger charge is 2.22. The van der Waals surface area contributed by atoms with E-state index in [4.69, 9.17) is 11.6 Å². The van der Waals surface area contributed by atoms with Gasteiger partial charge in [-0.3, -0.25) is 0 Å². The second kappa shape index (κ2) is 5.07. The first-order valence-electron chi connectivity index (χ1n) is 7.17. The van der Waals surface area contributed by atoms with E-state index in [0.717, 1.165) is 40.7 Å². The predicted octanol–water partition coefficient (Wildman–Crippen LogP) is 2.52. The molecule has 0 aromatic carbocycles. The molecule has 1 aliphatic heterocycles. The molecule has 5 nitrogen and oxygen atoms in total. The largest absolute Gasteiger partial charge is 0.356 e. The summed E-state index contributed by atoms with van der Waals surface area (Å²) in [5.74, 6) is 1.72. The van der Waals surface area contributed by atoms with Gasteiger partial charge in [0, 0.05) is 29.4 Å². The fraction of sp³-hybridized carbons (Fsp3) is 0.333. The Bertz CT molecular complexity index is 742. The lowest BCUT2D eigenvalue weighted by Crippen LogP contribution is -2.34. The number of rotatable bonds is 3. The summed E-state index contributed by atoms with van der Waals surface area (Å²) in [5.41, 5.74) is 2.99. The number of hydrogen-bond donors (Lipinski definition) is 3. The van der Waals surface area contributed by atoms with E-state index in [1.807, 2.05) is 12.3 Å². The molecular formula is C15H16ClN5. The summed E-state index contributed by atoms with van der Waals surface area (Å²) in [5, 5.41) is 8.25. The summed E-state index contributed by atoms with van der Waals surface area (Å²) in [6.07, 6.45) is 6.73. The fourth-order valence-electron chi connectivity index (χ4n) is 2.45. The van der Waals surface area contributed by atoms with Gasteiger partial charge in [-0.05, 0) is 37.0 Å². The van der Waals surface area contributed by atoms with Crippen molar-refractivity contribution in [3.63, 3.8) is 0 Å². The molecule has 2 aliphatic rings. The quantitative estimate of drug-likeness (QED) is 0.763. The van der Waals surface area contributed by atoms with Crippen LogP contribution in [0, 0.1) is 5.92 Å². The Hall–Kier alpha value is -2.01. The van der Waals surface area contributed by atoms with Gasteiger partial charge in [0.25, 0.3) is 0 Å². The molecule has 2 aromatic rings. The van der Waals surface area contributed by atoms with Crippen molar-refractivity contribution in [3.8, 4) is 0 Å². The van der Waals surface area contributed by atoms with Crippen LogP contribution in [0.1, 0.15) is 18.4 Å². The van der Waals surface area contributed by atoms with Crippen molar-refractivity contribution in [2.75, 3.05) is 13.1 Å². The van der Waals surface area contributed by atoms with Crippen LogP contribution >= 0.6 is 11.6 Å². The van der Waals surface area contributed by atoms with Crippen LogP contribution in [0.25, 0.3) is 17.1 Å². The molecule has 1 aliphatic carbocycles. The Balaban J connectivity index is 1.49. The minimum Gasteiger partial charge on any atom is -0.356 e. The van der Waals surface area contributed by atoms with Crippen molar-refractivity contribution in [1.29, 1.82) is 0 Å². The highest BCUT2D eigenvalue weighted by atomic mass is 35.5. The minimum absolute atomic E-state index is 0.498. The highest BCUT2D eigenvalue weighted by Crippen LogP contribution is 2.27. The lowest BCUT2D eigenvalue weighted by atomic mass is 10.2. The maximum Gasteiger partial charge on any atom is 0.196 e. The highest BCUT2D eigenvalue weighted by molar-refractivity contribution is 6.29. The van der Waals surface area contributed by atoms with Crippen LogP contribution in [0.5, 0.6) is 0 Å². The van der Waals surface area contributed by atoms with Crippen LogP contribution in [-0.4, -0.2) is 29.0 Å². The second-order valence-electron chi connectivity index (χ2n) is 5.56. The van der Waals surface area contributed by atoms with Crippen LogP contribution in [0.3, 0.4) is 0 Å². The van der Waals surface area contributed by atoms with Gasteiger partial charge in [0.1, 0.15) is 10.8 Å². The van der Waals surface area contributed by atoms with Gasteiger partial charge in [-0.25, -0.2) is 9.98 Å². The average Bonchev–Trinajstić information content (AvgIpc) is 3.08. The summed E-state index contributed by atoms with van der Waals surface area (Å²) >= 11 is 5.90. The molecule has 3 N–H and O–H groups in total. The normalized spacial score (nSPS) is 19.9. The van der Waals surface area contributed by atoms with E-state index in [0.29, 0.717) is 11.7 Å². The van der Waals surface area contributed by atoms with E-state index in [2.05, 4.69) is 31.7 Å². The van der Waals surface area contributed by atoms with Crippen molar-refractivity contribution in [2.24, 2.45) is 10.9 Å². The summed E-state index contributed by atoms with van der Waals surface area (Å²) in [6.45, 7) is 1.70. The van der Waals surface area contributed by atoms with Crippen molar-refractivity contribution in [1.82, 2.24) is 20.6 Å². The fourth-order valence-corrected chi connectivity index (χ4v) is 2.60. The Labute approximate surface area is 127 Å². The van der Waals surface area contributed by atoms with Crippen molar-refractivity contribution in [2.45, 2.75) is 12.8 Å². The molecule has 0 atom stereocenters. The Morgan fingerprint density at radius 1 is 1.38 bits per heavy atom. The smallest absolute Gasteiger partial charge is 0.196 e. The van der Waals surface area contributed by atoms with Crippen LogP contribution in [0.15, 0.2) is 29.0 Å². The van der Waals surface area contributed by atoms with Crippen molar-refractivity contribution in [3.05, 3.63) is 34.7 Å². The van der Waals surface area contributed by atoms with Gasteiger partial charge >= 0.3 is 0 Å². The second-order valence-corrected chi connectivity index (χ2v) is 5.95. The minimum atomic E-state index is 0.498. The third-order valence-corrected chi connectivity index (χ3v) is 4.02. The zero-order valence-electron chi connectivity index (χ0n) is 11.5. The van der Waals surface area contributed by atoms with E-state index in [-0.39, 0.29) is 0 Å². The summed E-state index contributed by atoms with van der Waals surface area (Å²) in [7, 11) is 0. The molecule has 0 spiro atoms. The monoisotopic (exact) mass is 301 g/mol. The van der Waals surface area contributed by atoms with Gasteiger partial charge in [0.05, 0.1) is 6.54 Å². The van der Waals surface area contributed by atoms with Gasteiger partial charge in [-0.2, -0.15) is 0 Å². The standard InChI is InChI=1S/C15H16ClN5/c16-13-4-3-12-10(7-17-14(12)21-13)5-11-8-19-15(20-11)18-6-9-1-2-9/h3-5,7,9H,1-2,6,8H2,(H,17,21)(H2,18,19,20)/b11-5-. The Morgan fingerprint density at radius 3 is 3.14 bits per heavy atom. The Morgan fingerprint density at radius 2 is 2.29 bits per heavy atom. The number of aromatic nitrogens is 2. The van der Waals surface area contributed by atoms with Gasteiger partial charge in [-0.15, -0.1) is 0 Å². The van der Waals surface area contributed by atoms with Crippen molar-refractivity contribution >= 4 is 34.7 Å². The molecule has 4 rings (SSSR count). The van der Waals surface area contributed by atoms with Crippen LogP contribution in [0.2, 0.25) is 5.15 Å². The number of nitrogens with zero attached hydrogens (tertiary/aromatic N) is 2. The van der Waals surface area contributed by atoms with E-state index in [1.165, 1.54) is 12.8 Å². The number of H-pyrrole nitrogens is 1. The summed E-state index contributed by atoms with van der Waals surface area (Å²) in [6, 6.07) is 3.79. The third kappa shape index (κ3) is 2.74. The lowest BCUT2D eigenvalue weighted by molar-refractivity contribution is 0.762. The number of aromatic amines is 1. The first-order valence-corrected chi connectivity index (χ1v) is 7.55. The molecule has 108 valence electrons. The zero-order chi connectivity index (χ0) is 14.2. The van der Waals surface area contributed by atoms with Crippen LogP contribution in [-0.2, 0) is 0 Å². The maximum absolute atomic E-state index is 5.90. The van der Waals surface area contributed by atoms with Crippen LogP contribution in [0.4, 0.5) is 0 Å². The van der Waals surface area contributed by atoms with Gasteiger partial charge in [0.2, 0.25) is 0 Å². The number of halogens is 1. The lowest BCUT2D eigenvalue weighted by Gasteiger charge is -2.05. The Kier molecular flexibility index (Phi) is 3.07. The molecular weight excluding hydrogens is 286 g/mol. The number of nitrogens with one attached hydrogen (secondary N) is 3. The van der Waals surface area contributed by atoms with Gasteiger partial charge in [0.15, 0.2) is 5.96 Å². The maximum atomic E-state index is 5.90. The SMILES string of the molecule is Clc1ccc2c(/C=C3/CN=C(NCC4CC4)N3)c[nH]c2n1. The number of guanidine groups is 1. The number of aliphatic imine (C=N–C) groups is 1. The van der Waals surface area contributed by atoms with Crippen LogP contribution < -0.4 is 10.6 Å². The van der Waals surface area contributed by atoms with E-state index in [1.54, 1.807) is 6.07 Å². The van der Waals surface area contributed by atoms with Gasteiger partial charge < -0.3 is 15.6 Å². The average molecular weight is 302 g/mol. The van der Waals surface area contributed by atoms with Crippen molar-refractivity contribution < 1.29 is 0 Å². The van der Waals surface area contributed by atoms with Gasteiger partial charge in [-0.1, -0.05) is 11.6 Å². The number of pyridine rings is 1. The molecule has 0 amide bonds. The molecule has 0 saturated heterocycles. The topological polar surface area (TPSA) is 65.1 Å². The molecule has 3 heterocycles. The number of hydrogen-bond acceptors (Lipinski definition) is 4. The molecule has 2 aromatic heterocycles. The first-order chi connectivity index (χ1) is 10.3. The molecule has 1 saturated carbocycles. The molecule has 0 unspecified atom stereocenters. The first kappa shape index (κ1) is 12.7. The van der Waals surface area contributed by atoms with E-state index < -0.39 is 0 Å². The number of fused-ring (bicyclic) bond motifs is 1. The summed E-state index contributed by atoms with van der Waals surface area (Å²) < 4.78 is 0. The summed E-state index contributed by atoms with van der Waals surface area (Å²) in [4.78, 5) is 11.9. The molecule has 0 bridgehead atoms.